The fourth-order valence-electron chi connectivity index (χ4n) is 2.37. The third-order valence-electron chi connectivity index (χ3n) is 3.71. The molecule has 1 aromatic rings. The molecule has 0 unspecified atom stereocenters. The van der Waals surface area contributed by atoms with E-state index in [9.17, 15) is 22.0 Å². The maximum atomic E-state index is 13.5. The Kier molecular flexibility index (Phi) is 7.00. The number of amides is 1. The van der Waals surface area contributed by atoms with E-state index in [1.165, 1.54) is 10.4 Å². The number of carbonyl (C=O) groups excluding carboxylic acids is 1. The highest BCUT2D eigenvalue weighted by molar-refractivity contribution is 7.99. The van der Waals surface area contributed by atoms with Crippen LogP contribution >= 0.6 is 11.8 Å². The largest absolute Gasteiger partial charge is 0.355 e. The van der Waals surface area contributed by atoms with Crippen LogP contribution in [0.3, 0.4) is 0 Å². The van der Waals surface area contributed by atoms with E-state index in [1.807, 2.05) is 0 Å². The van der Waals surface area contributed by atoms with Crippen LogP contribution < -0.4 is 5.32 Å². The van der Waals surface area contributed by atoms with Crippen LogP contribution in [0.4, 0.5) is 8.78 Å². The lowest BCUT2D eigenvalue weighted by molar-refractivity contribution is -0.120. The number of rotatable bonds is 7. The fraction of sp³-hybridized carbons (Fsp3) is 0.533. The molecule has 134 valence electrons. The molecule has 1 heterocycles. The summed E-state index contributed by atoms with van der Waals surface area (Å²) in [5.74, 6) is -0.416. The predicted octanol–water partition coefficient (Wildman–Crippen LogP) is 1.39. The SMILES string of the molecule is O=C(CCc1c(F)cccc1F)NCCS(=O)(=O)N1CCSCC1. The third kappa shape index (κ3) is 5.42. The van der Waals surface area contributed by atoms with Gasteiger partial charge in [0.1, 0.15) is 11.6 Å². The van der Waals surface area contributed by atoms with Crippen molar-refractivity contribution in [1.29, 1.82) is 0 Å². The minimum Gasteiger partial charge on any atom is -0.355 e. The van der Waals surface area contributed by atoms with E-state index in [0.717, 1.165) is 23.6 Å². The van der Waals surface area contributed by atoms with Crippen LogP contribution in [-0.2, 0) is 21.2 Å². The Balaban J connectivity index is 1.75. The molecule has 0 radical (unpaired) electrons. The highest BCUT2D eigenvalue weighted by Gasteiger charge is 2.23. The zero-order valence-corrected chi connectivity index (χ0v) is 14.8. The van der Waals surface area contributed by atoms with Gasteiger partial charge in [0.15, 0.2) is 0 Å². The van der Waals surface area contributed by atoms with Gasteiger partial charge in [-0.2, -0.15) is 11.8 Å². The monoisotopic (exact) mass is 378 g/mol. The zero-order chi connectivity index (χ0) is 17.6. The molecule has 0 aromatic heterocycles. The summed E-state index contributed by atoms with van der Waals surface area (Å²) in [7, 11) is -3.37. The van der Waals surface area contributed by atoms with Crippen molar-refractivity contribution in [3.8, 4) is 0 Å². The molecular weight excluding hydrogens is 358 g/mol. The highest BCUT2D eigenvalue weighted by atomic mass is 32.2. The molecule has 1 fully saturated rings. The number of nitrogens with one attached hydrogen (secondary N) is 1. The molecule has 9 heteroatoms. The summed E-state index contributed by atoms with van der Waals surface area (Å²) in [5, 5.41) is 2.49. The highest BCUT2D eigenvalue weighted by Crippen LogP contribution is 2.14. The summed E-state index contributed by atoms with van der Waals surface area (Å²) < 4.78 is 52.6. The van der Waals surface area contributed by atoms with Crippen LogP contribution in [0.1, 0.15) is 12.0 Å². The van der Waals surface area contributed by atoms with Gasteiger partial charge < -0.3 is 5.32 Å². The van der Waals surface area contributed by atoms with E-state index in [0.29, 0.717) is 13.1 Å². The Bertz CT molecular complexity index is 657. The minimum absolute atomic E-state index is 0.00936. The first kappa shape index (κ1) is 19.1. The Hall–Kier alpha value is -1.19. The van der Waals surface area contributed by atoms with Crippen molar-refractivity contribution in [1.82, 2.24) is 9.62 Å². The van der Waals surface area contributed by atoms with Crippen LogP contribution in [-0.4, -0.2) is 55.5 Å². The summed E-state index contributed by atoms with van der Waals surface area (Å²) in [6, 6.07) is 3.54. The molecule has 2 rings (SSSR count). The second-order valence-electron chi connectivity index (χ2n) is 5.38. The molecule has 0 aliphatic carbocycles. The molecule has 1 saturated heterocycles. The van der Waals surface area contributed by atoms with E-state index >= 15 is 0 Å². The van der Waals surface area contributed by atoms with Crippen molar-refractivity contribution in [2.24, 2.45) is 0 Å². The van der Waals surface area contributed by atoms with Gasteiger partial charge in [0.25, 0.3) is 0 Å². The molecule has 0 spiro atoms. The number of nitrogens with zero attached hydrogens (tertiary/aromatic N) is 1. The van der Waals surface area contributed by atoms with Crippen molar-refractivity contribution in [2.45, 2.75) is 12.8 Å². The third-order valence-corrected chi connectivity index (χ3v) is 6.52. The topological polar surface area (TPSA) is 66.5 Å². The number of thioether (sulfide) groups is 1. The normalized spacial score (nSPS) is 16.1. The predicted molar refractivity (Wildman–Crippen MR) is 90.4 cm³/mol. The van der Waals surface area contributed by atoms with Crippen LogP contribution in [0.5, 0.6) is 0 Å². The molecule has 0 atom stereocenters. The van der Waals surface area contributed by atoms with Gasteiger partial charge in [-0.05, 0) is 18.6 Å². The average Bonchev–Trinajstić information content (AvgIpc) is 2.55. The van der Waals surface area contributed by atoms with Gasteiger partial charge in [0, 0.05) is 43.1 Å². The zero-order valence-electron chi connectivity index (χ0n) is 13.1. The van der Waals surface area contributed by atoms with Crippen LogP contribution in [0.2, 0.25) is 0 Å². The number of carbonyl (C=O) groups is 1. The fourth-order valence-corrected chi connectivity index (χ4v) is 4.86. The summed E-state index contributed by atoms with van der Waals surface area (Å²) in [5.41, 5.74) is -0.133. The first-order chi connectivity index (χ1) is 11.4. The van der Waals surface area contributed by atoms with Gasteiger partial charge in [0.2, 0.25) is 15.9 Å². The summed E-state index contributed by atoms with van der Waals surface area (Å²) >= 11 is 1.71. The van der Waals surface area contributed by atoms with Crippen molar-refractivity contribution < 1.29 is 22.0 Å². The molecule has 24 heavy (non-hydrogen) atoms. The first-order valence-electron chi connectivity index (χ1n) is 7.65. The molecule has 1 N–H and O–H groups in total. The van der Waals surface area contributed by atoms with Gasteiger partial charge in [0.05, 0.1) is 5.75 Å². The van der Waals surface area contributed by atoms with Crippen molar-refractivity contribution in [3.63, 3.8) is 0 Å². The van der Waals surface area contributed by atoms with E-state index in [-0.39, 0.29) is 30.7 Å². The number of benzene rings is 1. The summed E-state index contributed by atoms with van der Waals surface area (Å²) in [4.78, 5) is 11.7. The standard InChI is InChI=1S/C15H20F2N2O3S2/c16-13-2-1-3-14(17)12(13)4-5-15(20)18-6-11-24(21,22)19-7-9-23-10-8-19/h1-3H,4-11H2,(H,18,20). The first-order valence-corrected chi connectivity index (χ1v) is 10.4. The second kappa shape index (κ2) is 8.77. The summed E-state index contributed by atoms with van der Waals surface area (Å²) in [6.45, 7) is 0.978. The molecule has 1 aliphatic rings. The Morgan fingerprint density at radius 1 is 1.21 bits per heavy atom. The van der Waals surface area contributed by atoms with Gasteiger partial charge in [-0.25, -0.2) is 21.5 Å². The van der Waals surface area contributed by atoms with E-state index in [1.54, 1.807) is 11.8 Å². The van der Waals surface area contributed by atoms with E-state index < -0.39 is 27.6 Å². The Labute approximate surface area is 144 Å². The molecule has 1 aromatic carbocycles. The maximum Gasteiger partial charge on any atom is 0.220 e. The quantitative estimate of drug-likeness (QED) is 0.779. The van der Waals surface area contributed by atoms with Gasteiger partial charge in [-0.15, -0.1) is 0 Å². The molecule has 5 nitrogen and oxygen atoms in total. The van der Waals surface area contributed by atoms with Crippen LogP contribution in [0.15, 0.2) is 18.2 Å². The lowest BCUT2D eigenvalue weighted by Crippen LogP contribution is -2.41. The molecule has 1 aliphatic heterocycles. The lowest BCUT2D eigenvalue weighted by Gasteiger charge is -2.25. The number of hydrogen-bond acceptors (Lipinski definition) is 4. The molecule has 0 saturated carbocycles. The van der Waals surface area contributed by atoms with Crippen molar-refractivity contribution in [2.75, 3.05) is 36.9 Å². The van der Waals surface area contributed by atoms with Crippen molar-refractivity contribution >= 4 is 27.7 Å². The van der Waals surface area contributed by atoms with Crippen molar-refractivity contribution in [3.05, 3.63) is 35.4 Å². The smallest absolute Gasteiger partial charge is 0.220 e. The lowest BCUT2D eigenvalue weighted by atomic mass is 10.1. The molecule has 0 bridgehead atoms. The van der Waals surface area contributed by atoms with E-state index in [2.05, 4.69) is 5.32 Å². The van der Waals surface area contributed by atoms with Gasteiger partial charge in [-0.3, -0.25) is 4.79 Å². The number of sulfonamides is 1. The molecular formula is C15H20F2N2O3S2. The minimum atomic E-state index is -3.37. The average molecular weight is 378 g/mol. The van der Waals surface area contributed by atoms with E-state index in [4.69, 9.17) is 0 Å². The van der Waals surface area contributed by atoms with Crippen LogP contribution in [0.25, 0.3) is 0 Å². The second-order valence-corrected chi connectivity index (χ2v) is 8.69. The maximum absolute atomic E-state index is 13.5. The number of halogens is 2. The number of hydrogen-bond donors (Lipinski definition) is 1. The summed E-state index contributed by atoms with van der Waals surface area (Å²) in [6.07, 6.45) is -0.168. The van der Waals surface area contributed by atoms with Gasteiger partial charge in [-0.1, -0.05) is 6.07 Å². The Morgan fingerprint density at radius 2 is 1.83 bits per heavy atom. The van der Waals surface area contributed by atoms with Crippen LogP contribution in [0, 0.1) is 11.6 Å². The van der Waals surface area contributed by atoms with Gasteiger partial charge >= 0.3 is 0 Å². The Morgan fingerprint density at radius 3 is 2.46 bits per heavy atom. The molecule has 1 amide bonds.